The molecule has 4 nitrogen and oxygen atoms in total. The highest BCUT2D eigenvalue weighted by Gasteiger charge is 2.30. The maximum atomic E-state index is 14.1. The first-order valence-electron chi connectivity index (χ1n) is 12.8. The number of alkyl halides is 1. The van der Waals surface area contributed by atoms with Gasteiger partial charge in [0.05, 0.1) is 0 Å². The molecule has 0 radical (unpaired) electrons. The predicted octanol–water partition coefficient (Wildman–Crippen LogP) is 7.22. The van der Waals surface area contributed by atoms with E-state index in [0.717, 1.165) is 43.5 Å². The molecule has 1 aliphatic carbocycles. The first-order valence-corrected chi connectivity index (χ1v) is 12.8. The van der Waals surface area contributed by atoms with Gasteiger partial charge in [-0.15, -0.1) is 0 Å². The Balaban J connectivity index is 1.48. The van der Waals surface area contributed by atoms with Crippen LogP contribution in [-0.4, -0.2) is 28.2 Å². The standard InChI is InChI=1S/C28H39FN2O2/c1-4-6-7-8-9-21-18-30-27(31-19-21)24-12-10-22(11-13-24)23-14-16-25(17-15-23)33-28(32)26(29)20(3)5-2/h10-13,18-20,23,25-26H,4-9,14-17H2,1-3H3/t20-,23-,25-,26-/m0/s1. The van der Waals surface area contributed by atoms with Gasteiger partial charge >= 0.3 is 5.97 Å². The van der Waals surface area contributed by atoms with E-state index in [0.29, 0.717) is 12.3 Å². The lowest BCUT2D eigenvalue weighted by atomic mass is 9.82. The molecule has 0 spiro atoms. The quantitative estimate of drug-likeness (QED) is 0.266. The van der Waals surface area contributed by atoms with E-state index in [1.54, 1.807) is 6.92 Å². The molecular weight excluding hydrogens is 415 g/mol. The molecule has 33 heavy (non-hydrogen) atoms. The summed E-state index contributed by atoms with van der Waals surface area (Å²) in [5.41, 5.74) is 3.52. The molecule has 0 aliphatic heterocycles. The summed E-state index contributed by atoms with van der Waals surface area (Å²) in [6.45, 7) is 5.86. The van der Waals surface area contributed by atoms with Gasteiger partial charge in [-0.05, 0) is 61.5 Å². The Morgan fingerprint density at radius 3 is 2.30 bits per heavy atom. The average Bonchev–Trinajstić information content (AvgIpc) is 2.86. The van der Waals surface area contributed by atoms with Crippen LogP contribution in [0.15, 0.2) is 36.7 Å². The summed E-state index contributed by atoms with van der Waals surface area (Å²) in [6, 6.07) is 8.51. The van der Waals surface area contributed by atoms with Crippen LogP contribution < -0.4 is 0 Å². The Labute approximate surface area is 198 Å². The monoisotopic (exact) mass is 454 g/mol. The van der Waals surface area contributed by atoms with Crippen molar-refractivity contribution in [2.75, 3.05) is 0 Å². The summed E-state index contributed by atoms with van der Waals surface area (Å²) < 4.78 is 19.5. The van der Waals surface area contributed by atoms with Crippen molar-refractivity contribution in [2.45, 2.75) is 103 Å². The number of hydrogen-bond acceptors (Lipinski definition) is 4. The van der Waals surface area contributed by atoms with Crippen LogP contribution in [0.2, 0.25) is 0 Å². The van der Waals surface area contributed by atoms with E-state index in [1.165, 1.54) is 36.8 Å². The van der Waals surface area contributed by atoms with Gasteiger partial charge in [0.15, 0.2) is 12.0 Å². The van der Waals surface area contributed by atoms with Crippen LogP contribution in [0.25, 0.3) is 11.4 Å². The van der Waals surface area contributed by atoms with Gasteiger partial charge in [0.1, 0.15) is 6.10 Å². The molecule has 1 aromatic heterocycles. The molecule has 2 atom stereocenters. The SMILES string of the molecule is CCCCCCc1cnc(-c2ccc([C@H]3CC[C@H](OC(=O)[C@@H](F)[C@@H](C)CC)CC3)cc2)nc1. The van der Waals surface area contributed by atoms with Crippen LogP contribution >= 0.6 is 0 Å². The maximum Gasteiger partial charge on any atom is 0.341 e. The molecule has 2 aromatic rings. The number of aromatic nitrogens is 2. The summed E-state index contributed by atoms with van der Waals surface area (Å²) in [7, 11) is 0. The third-order valence-electron chi connectivity index (χ3n) is 6.99. The molecular formula is C28H39FN2O2. The van der Waals surface area contributed by atoms with Gasteiger partial charge in [-0.2, -0.15) is 0 Å². The predicted molar refractivity (Wildman–Crippen MR) is 131 cm³/mol. The van der Waals surface area contributed by atoms with Gasteiger partial charge in [0.2, 0.25) is 0 Å². The molecule has 5 heteroatoms. The first kappa shape index (κ1) is 25.3. The molecule has 1 aromatic carbocycles. The van der Waals surface area contributed by atoms with E-state index in [4.69, 9.17) is 4.74 Å². The highest BCUT2D eigenvalue weighted by molar-refractivity contribution is 5.75. The van der Waals surface area contributed by atoms with Gasteiger partial charge in [-0.25, -0.2) is 19.2 Å². The summed E-state index contributed by atoms with van der Waals surface area (Å²) in [5, 5.41) is 0. The molecule has 0 saturated heterocycles. The number of carbonyl (C=O) groups excluding carboxylic acids is 1. The fourth-order valence-electron chi connectivity index (χ4n) is 4.48. The smallest absolute Gasteiger partial charge is 0.341 e. The molecule has 0 N–H and O–H groups in total. The normalized spacial score (nSPS) is 20.2. The van der Waals surface area contributed by atoms with Crippen LogP contribution in [0.1, 0.15) is 95.6 Å². The molecule has 1 aliphatic rings. The van der Waals surface area contributed by atoms with E-state index in [9.17, 15) is 9.18 Å². The van der Waals surface area contributed by atoms with Crippen molar-refractivity contribution >= 4 is 5.97 Å². The van der Waals surface area contributed by atoms with Crippen molar-refractivity contribution in [3.05, 3.63) is 47.8 Å². The number of esters is 1. The van der Waals surface area contributed by atoms with Crippen LogP contribution in [-0.2, 0) is 16.0 Å². The molecule has 1 saturated carbocycles. The Bertz CT molecular complexity index is 845. The number of benzene rings is 1. The van der Waals surface area contributed by atoms with Crippen molar-refractivity contribution in [1.82, 2.24) is 9.97 Å². The van der Waals surface area contributed by atoms with Crippen molar-refractivity contribution in [3.63, 3.8) is 0 Å². The van der Waals surface area contributed by atoms with Crippen molar-refractivity contribution in [1.29, 1.82) is 0 Å². The van der Waals surface area contributed by atoms with Crippen LogP contribution in [0.4, 0.5) is 4.39 Å². The van der Waals surface area contributed by atoms with Crippen molar-refractivity contribution in [2.24, 2.45) is 5.92 Å². The number of rotatable bonds is 11. The lowest BCUT2D eigenvalue weighted by Gasteiger charge is -2.29. The van der Waals surface area contributed by atoms with E-state index < -0.39 is 12.1 Å². The fraction of sp³-hybridized carbons (Fsp3) is 0.607. The Kier molecular flexibility index (Phi) is 9.83. The van der Waals surface area contributed by atoms with Gasteiger partial charge in [0, 0.05) is 18.0 Å². The topological polar surface area (TPSA) is 52.1 Å². The van der Waals surface area contributed by atoms with Gasteiger partial charge in [0.25, 0.3) is 0 Å². The number of halogens is 1. The van der Waals surface area contributed by atoms with E-state index in [1.807, 2.05) is 19.3 Å². The zero-order chi connectivity index (χ0) is 23.6. The van der Waals surface area contributed by atoms with E-state index in [2.05, 4.69) is 41.2 Å². The summed E-state index contributed by atoms with van der Waals surface area (Å²) >= 11 is 0. The number of aryl methyl sites for hydroxylation is 1. The highest BCUT2D eigenvalue weighted by Crippen LogP contribution is 2.35. The number of nitrogens with zero attached hydrogens (tertiary/aromatic N) is 2. The second kappa shape index (κ2) is 12.8. The zero-order valence-corrected chi connectivity index (χ0v) is 20.4. The Hall–Kier alpha value is -2.30. The molecule has 180 valence electrons. The molecule has 0 unspecified atom stereocenters. The third kappa shape index (κ3) is 7.35. The zero-order valence-electron chi connectivity index (χ0n) is 20.4. The lowest BCUT2D eigenvalue weighted by Crippen LogP contribution is -2.31. The van der Waals surface area contributed by atoms with E-state index in [-0.39, 0.29) is 12.0 Å². The third-order valence-corrected chi connectivity index (χ3v) is 6.99. The average molecular weight is 455 g/mol. The summed E-state index contributed by atoms with van der Waals surface area (Å²) in [6.07, 6.45) is 12.4. The summed E-state index contributed by atoms with van der Waals surface area (Å²) in [4.78, 5) is 21.2. The number of hydrogen-bond donors (Lipinski definition) is 0. The minimum Gasteiger partial charge on any atom is -0.460 e. The van der Waals surface area contributed by atoms with Crippen molar-refractivity contribution in [3.8, 4) is 11.4 Å². The molecule has 0 amide bonds. The summed E-state index contributed by atoms with van der Waals surface area (Å²) in [5.74, 6) is 0.218. The number of ether oxygens (including phenoxy) is 1. The first-order chi connectivity index (χ1) is 16.0. The van der Waals surface area contributed by atoms with Crippen LogP contribution in [0.5, 0.6) is 0 Å². The second-order valence-electron chi connectivity index (χ2n) is 9.55. The van der Waals surface area contributed by atoms with Gasteiger partial charge in [-0.3, -0.25) is 0 Å². The van der Waals surface area contributed by atoms with Crippen LogP contribution in [0.3, 0.4) is 0 Å². The molecule has 0 bridgehead atoms. The number of unbranched alkanes of at least 4 members (excludes halogenated alkanes) is 3. The molecule has 1 fully saturated rings. The minimum atomic E-state index is -1.52. The second-order valence-corrected chi connectivity index (χ2v) is 9.55. The molecule has 1 heterocycles. The van der Waals surface area contributed by atoms with Crippen LogP contribution in [0, 0.1) is 5.92 Å². The van der Waals surface area contributed by atoms with E-state index >= 15 is 0 Å². The fourth-order valence-corrected chi connectivity index (χ4v) is 4.48. The Morgan fingerprint density at radius 1 is 1.03 bits per heavy atom. The highest BCUT2D eigenvalue weighted by atomic mass is 19.1. The largest absolute Gasteiger partial charge is 0.460 e. The van der Waals surface area contributed by atoms with Crippen molar-refractivity contribution < 1.29 is 13.9 Å². The van der Waals surface area contributed by atoms with Gasteiger partial charge in [-0.1, -0.05) is 70.7 Å². The maximum absolute atomic E-state index is 14.1. The minimum absolute atomic E-state index is 0.163. The molecule has 3 rings (SSSR count). The number of carbonyl (C=O) groups is 1. The Morgan fingerprint density at radius 2 is 1.70 bits per heavy atom. The lowest BCUT2D eigenvalue weighted by molar-refractivity contribution is -0.158. The van der Waals surface area contributed by atoms with Gasteiger partial charge < -0.3 is 4.74 Å².